The molecule has 2 heteroatoms. The van der Waals surface area contributed by atoms with Gasteiger partial charge in [-0.25, -0.2) is 0 Å². The smallest absolute Gasteiger partial charge is 0.164 e. The molecule has 0 saturated carbocycles. The fourth-order valence-electron chi connectivity index (χ4n) is 1.67. The maximum Gasteiger partial charge on any atom is 0.164 e. The van der Waals surface area contributed by atoms with Gasteiger partial charge >= 0.3 is 0 Å². The number of carbonyl (C=O) groups is 1. The maximum atomic E-state index is 11.7. The first kappa shape index (κ1) is 10.5. The van der Waals surface area contributed by atoms with E-state index in [1.807, 2.05) is 13.0 Å². The first-order valence-electron chi connectivity index (χ1n) is 4.97. The highest BCUT2D eigenvalue weighted by Gasteiger charge is 2.36. The van der Waals surface area contributed by atoms with Crippen molar-refractivity contribution in [1.29, 1.82) is 0 Å². The summed E-state index contributed by atoms with van der Waals surface area (Å²) in [6.45, 7) is 6.28. The van der Waals surface area contributed by atoms with Crippen LogP contribution in [0.5, 0.6) is 0 Å². The number of rotatable bonds is 5. The van der Waals surface area contributed by atoms with E-state index in [1.165, 1.54) is 0 Å². The van der Waals surface area contributed by atoms with Crippen LogP contribution < -0.4 is 0 Å². The molecule has 1 heterocycles. The number of hydrogen-bond acceptors (Lipinski definition) is 2. The van der Waals surface area contributed by atoms with Crippen molar-refractivity contribution in [3.8, 4) is 0 Å². The van der Waals surface area contributed by atoms with Gasteiger partial charge in [-0.2, -0.15) is 0 Å². The Bertz CT molecular complexity index is 190. The molecule has 2 nitrogen and oxygen atoms in total. The number of ketones is 1. The molecular formula is C11H18O2. The number of carbonyl (C=O) groups excluding carboxylic acids is 1. The first-order valence-corrected chi connectivity index (χ1v) is 4.97. The second-order valence-electron chi connectivity index (χ2n) is 3.79. The van der Waals surface area contributed by atoms with Crippen LogP contribution in [0.15, 0.2) is 12.7 Å². The van der Waals surface area contributed by atoms with Crippen molar-refractivity contribution in [3.63, 3.8) is 0 Å². The van der Waals surface area contributed by atoms with Crippen LogP contribution >= 0.6 is 0 Å². The van der Waals surface area contributed by atoms with Crippen LogP contribution in [0.4, 0.5) is 0 Å². The molecule has 1 aliphatic rings. The second kappa shape index (κ2) is 4.56. The molecule has 13 heavy (non-hydrogen) atoms. The average molecular weight is 182 g/mol. The zero-order valence-corrected chi connectivity index (χ0v) is 8.34. The average Bonchev–Trinajstić information content (AvgIpc) is 2.54. The molecule has 0 aromatic rings. The lowest BCUT2D eigenvalue weighted by Crippen LogP contribution is -2.34. The molecule has 0 N–H and O–H groups in total. The monoisotopic (exact) mass is 182 g/mol. The van der Waals surface area contributed by atoms with Gasteiger partial charge in [0.25, 0.3) is 0 Å². The van der Waals surface area contributed by atoms with Gasteiger partial charge in [-0.05, 0) is 32.6 Å². The van der Waals surface area contributed by atoms with E-state index in [0.717, 1.165) is 32.3 Å². The van der Waals surface area contributed by atoms with Crippen molar-refractivity contribution < 1.29 is 9.53 Å². The Hall–Kier alpha value is -0.630. The van der Waals surface area contributed by atoms with Gasteiger partial charge in [0.1, 0.15) is 5.60 Å². The van der Waals surface area contributed by atoms with Crippen molar-refractivity contribution in [2.24, 2.45) is 0 Å². The predicted octanol–water partition coefficient (Wildman–Crippen LogP) is 2.48. The molecule has 1 fully saturated rings. The number of allylic oxidation sites excluding steroid dienone is 1. The van der Waals surface area contributed by atoms with Crippen LogP contribution in [0.25, 0.3) is 0 Å². The van der Waals surface area contributed by atoms with Gasteiger partial charge in [-0.15, -0.1) is 6.58 Å². The number of ether oxygens (including phenoxy) is 1. The van der Waals surface area contributed by atoms with Gasteiger partial charge in [-0.3, -0.25) is 4.79 Å². The lowest BCUT2D eigenvalue weighted by molar-refractivity contribution is -0.137. The Labute approximate surface area is 80.0 Å². The minimum absolute atomic E-state index is 0.256. The third-order valence-electron chi connectivity index (χ3n) is 2.62. The Morgan fingerprint density at radius 3 is 3.00 bits per heavy atom. The van der Waals surface area contributed by atoms with E-state index in [1.54, 1.807) is 0 Å². The highest BCUT2D eigenvalue weighted by molar-refractivity contribution is 5.87. The largest absolute Gasteiger partial charge is 0.368 e. The molecule has 0 aliphatic carbocycles. The van der Waals surface area contributed by atoms with Crippen LogP contribution in [0, 0.1) is 0 Å². The van der Waals surface area contributed by atoms with E-state index in [0.29, 0.717) is 6.42 Å². The Balaban J connectivity index is 2.33. The normalized spacial score (nSPS) is 27.5. The molecule has 0 aromatic heterocycles. The lowest BCUT2D eigenvalue weighted by atomic mass is 9.94. The summed E-state index contributed by atoms with van der Waals surface area (Å²) in [4.78, 5) is 11.7. The fourth-order valence-corrected chi connectivity index (χ4v) is 1.67. The first-order chi connectivity index (χ1) is 6.19. The number of hydrogen-bond donors (Lipinski definition) is 0. The van der Waals surface area contributed by atoms with E-state index in [2.05, 4.69) is 6.58 Å². The van der Waals surface area contributed by atoms with Gasteiger partial charge < -0.3 is 4.74 Å². The van der Waals surface area contributed by atoms with E-state index in [-0.39, 0.29) is 5.78 Å². The van der Waals surface area contributed by atoms with Gasteiger partial charge in [0.2, 0.25) is 0 Å². The van der Waals surface area contributed by atoms with Gasteiger partial charge in [0.05, 0.1) is 0 Å². The Kier molecular flexibility index (Phi) is 3.67. The molecule has 0 bridgehead atoms. The Morgan fingerprint density at radius 1 is 1.69 bits per heavy atom. The standard InChI is InChI=1S/C11H18O2/c1-3-4-5-7-10(12)11(2)8-6-9-13-11/h3H,1,4-9H2,2H3/t11-/m0/s1. The van der Waals surface area contributed by atoms with Crippen molar-refractivity contribution >= 4 is 5.78 Å². The highest BCUT2D eigenvalue weighted by atomic mass is 16.5. The molecule has 74 valence electrons. The summed E-state index contributed by atoms with van der Waals surface area (Å²) < 4.78 is 5.46. The predicted molar refractivity (Wildman–Crippen MR) is 52.6 cm³/mol. The van der Waals surface area contributed by atoms with Crippen LogP contribution in [-0.2, 0) is 9.53 Å². The third kappa shape index (κ3) is 2.66. The number of unbranched alkanes of at least 4 members (excludes halogenated alkanes) is 1. The zero-order valence-electron chi connectivity index (χ0n) is 8.34. The molecule has 1 rings (SSSR count). The van der Waals surface area contributed by atoms with Crippen molar-refractivity contribution in [3.05, 3.63) is 12.7 Å². The van der Waals surface area contributed by atoms with E-state index >= 15 is 0 Å². The lowest BCUT2D eigenvalue weighted by Gasteiger charge is -2.20. The summed E-state index contributed by atoms with van der Waals surface area (Å²) in [7, 11) is 0. The van der Waals surface area contributed by atoms with Crippen molar-refractivity contribution in [2.45, 2.75) is 44.6 Å². The molecule has 1 atom stereocenters. The molecule has 0 radical (unpaired) electrons. The summed E-state index contributed by atoms with van der Waals surface area (Å²) in [5, 5.41) is 0. The SMILES string of the molecule is C=CCCCC(=O)[C@]1(C)CCCO1. The maximum absolute atomic E-state index is 11.7. The Morgan fingerprint density at radius 2 is 2.46 bits per heavy atom. The van der Waals surface area contributed by atoms with Crippen LogP contribution in [-0.4, -0.2) is 18.0 Å². The molecule has 0 aromatic carbocycles. The highest BCUT2D eigenvalue weighted by Crippen LogP contribution is 2.27. The van der Waals surface area contributed by atoms with Gasteiger partial charge in [0.15, 0.2) is 5.78 Å². The van der Waals surface area contributed by atoms with Crippen LogP contribution in [0.2, 0.25) is 0 Å². The fraction of sp³-hybridized carbons (Fsp3) is 0.727. The molecule has 0 spiro atoms. The summed E-state index contributed by atoms with van der Waals surface area (Å²) in [5.41, 5.74) is -0.471. The minimum atomic E-state index is -0.471. The summed E-state index contributed by atoms with van der Waals surface area (Å²) >= 11 is 0. The molecule has 1 saturated heterocycles. The summed E-state index contributed by atoms with van der Waals surface area (Å²) in [6.07, 6.45) is 6.21. The molecule has 0 unspecified atom stereocenters. The second-order valence-corrected chi connectivity index (χ2v) is 3.79. The van der Waals surface area contributed by atoms with Crippen molar-refractivity contribution in [2.75, 3.05) is 6.61 Å². The van der Waals surface area contributed by atoms with E-state index in [9.17, 15) is 4.79 Å². The molecule has 1 aliphatic heterocycles. The van der Waals surface area contributed by atoms with Crippen molar-refractivity contribution in [1.82, 2.24) is 0 Å². The number of Topliss-reactive ketones (excluding diaryl/α,β-unsaturated/α-hetero) is 1. The van der Waals surface area contributed by atoms with Gasteiger partial charge in [0, 0.05) is 13.0 Å². The van der Waals surface area contributed by atoms with Crippen LogP contribution in [0.3, 0.4) is 0 Å². The minimum Gasteiger partial charge on any atom is -0.368 e. The molecule has 0 amide bonds. The van der Waals surface area contributed by atoms with Gasteiger partial charge in [-0.1, -0.05) is 6.08 Å². The van der Waals surface area contributed by atoms with E-state index in [4.69, 9.17) is 4.74 Å². The van der Waals surface area contributed by atoms with E-state index < -0.39 is 5.60 Å². The third-order valence-corrected chi connectivity index (χ3v) is 2.62. The zero-order chi connectivity index (χ0) is 9.73. The topological polar surface area (TPSA) is 26.3 Å². The summed E-state index contributed by atoms with van der Waals surface area (Å²) in [6, 6.07) is 0. The molecular weight excluding hydrogens is 164 g/mol. The summed E-state index contributed by atoms with van der Waals surface area (Å²) in [5.74, 6) is 0.256. The van der Waals surface area contributed by atoms with Crippen LogP contribution in [0.1, 0.15) is 39.0 Å². The quantitative estimate of drug-likeness (QED) is 0.482.